The van der Waals surface area contributed by atoms with Gasteiger partial charge in [-0.15, -0.1) is 0 Å². The van der Waals surface area contributed by atoms with Crippen molar-refractivity contribution < 1.29 is 27.4 Å². The Morgan fingerprint density at radius 1 is 1.00 bits per heavy atom. The Morgan fingerprint density at radius 3 is 2.28 bits per heavy atom. The Morgan fingerprint density at radius 2 is 1.66 bits per heavy atom. The van der Waals surface area contributed by atoms with Crippen LogP contribution in [0, 0.1) is 5.82 Å². The molecule has 3 aromatic carbocycles. The van der Waals surface area contributed by atoms with Crippen molar-refractivity contribution in [2.45, 2.75) is 12.8 Å². The van der Waals surface area contributed by atoms with Crippen molar-refractivity contribution in [3.8, 4) is 22.6 Å². The summed E-state index contributed by atoms with van der Waals surface area (Å²) in [6.07, 6.45) is -4.72. The molecule has 3 aromatic rings. The average Bonchev–Trinajstić information content (AvgIpc) is 2.64. The molecule has 0 radical (unpaired) electrons. The van der Waals surface area contributed by atoms with Gasteiger partial charge in [-0.1, -0.05) is 29.3 Å². The predicted molar refractivity (Wildman–Crippen MR) is 107 cm³/mol. The Kier molecular flexibility index (Phi) is 6.31. The molecule has 0 fully saturated rings. The molecule has 0 saturated heterocycles. The molecule has 0 saturated carbocycles. The van der Waals surface area contributed by atoms with Crippen molar-refractivity contribution in [3.05, 3.63) is 80.0 Å². The lowest BCUT2D eigenvalue weighted by atomic mass is 9.96. The van der Waals surface area contributed by atoms with Crippen LogP contribution in [-0.2, 0) is 12.8 Å². The molecule has 2 nitrogen and oxygen atoms in total. The molecule has 152 valence electrons. The van der Waals surface area contributed by atoms with Crippen LogP contribution in [-0.4, -0.2) is 5.11 Å². The van der Waals surface area contributed by atoms with Gasteiger partial charge in [0.15, 0.2) is 0 Å². The Balaban J connectivity index is 2.10. The first-order valence-corrected chi connectivity index (χ1v) is 9.58. The van der Waals surface area contributed by atoms with E-state index in [9.17, 15) is 22.7 Å². The van der Waals surface area contributed by atoms with Crippen LogP contribution in [0.5, 0.6) is 11.5 Å². The highest BCUT2D eigenvalue weighted by Gasteiger charge is 2.34. The molecular formula is C20H11BrCl2F4O2. The summed E-state index contributed by atoms with van der Waals surface area (Å²) in [6, 6.07) is 10.3. The molecule has 0 amide bonds. The quantitative estimate of drug-likeness (QED) is 0.362. The number of rotatable bonds is 4. The van der Waals surface area contributed by atoms with E-state index >= 15 is 0 Å². The summed E-state index contributed by atoms with van der Waals surface area (Å²) in [4.78, 5) is 0. The van der Waals surface area contributed by atoms with Crippen LogP contribution >= 0.6 is 39.1 Å². The maximum atomic E-state index is 14.7. The SMILES string of the molecule is Oc1c(Br)cc(F)c(COc2ccc(Cl)cc2)c1-c1ccc(Cl)c(C(F)(F)F)c1. The maximum absolute atomic E-state index is 14.7. The standard InChI is InChI=1S/C20H11BrCl2F4O2/c21-15-8-17(24)13(9-29-12-4-2-11(22)3-5-12)18(19(15)28)10-1-6-16(23)14(7-10)20(25,26)27/h1-8,28H,9H2. The molecule has 1 N–H and O–H groups in total. The fraction of sp³-hybridized carbons (Fsp3) is 0.100. The van der Waals surface area contributed by atoms with Crippen LogP contribution in [0.3, 0.4) is 0 Å². The van der Waals surface area contributed by atoms with Gasteiger partial charge in [0.05, 0.1) is 15.1 Å². The van der Waals surface area contributed by atoms with Gasteiger partial charge in [0, 0.05) is 16.1 Å². The first-order valence-electron chi connectivity index (χ1n) is 8.03. The maximum Gasteiger partial charge on any atom is 0.417 e. The van der Waals surface area contributed by atoms with Gasteiger partial charge in [0.2, 0.25) is 0 Å². The van der Waals surface area contributed by atoms with Crippen molar-refractivity contribution in [1.82, 2.24) is 0 Å². The average molecular weight is 510 g/mol. The summed E-state index contributed by atoms with van der Waals surface area (Å²) >= 11 is 14.5. The molecule has 0 aliphatic carbocycles. The highest BCUT2D eigenvalue weighted by atomic mass is 79.9. The molecular weight excluding hydrogens is 499 g/mol. The number of aromatic hydroxyl groups is 1. The number of phenolic OH excluding ortho intramolecular Hbond substituents is 1. The van der Waals surface area contributed by atoms with Crippen molar-refractivity contribution >= 4 is 39.1 Å². The van der Waals surface area contributed by atoms with Crippen molar-refractivity contribution in [2.24, 2.45) is 0 Å². The van der Waals surface area contributed by atoms with Crippen molar-refractivity contribution in [3.63, 3.8) is 0 Å². The van der Waals surface area contributed by atoms with Gasteiger partial charge in [-0.3, -0.25) is 0 Å². The van der Waals surface area contributed by atoms with Gasteiger partial charge >= 0.3 is 6.18 Å². The zero-order valence-electron chi connectivity index (χ0n) is 14.3. The van der Waals surface area contributed by atoms with E-state index in [1.807, 2.05) is 0 Å². The third kappa shape index (κ3) is 4.79. The molecule has 3 rings (SSSR count). The molecule has 0 atom stereocenters. The van der Waals surface area contributed by atoms with Gasteiger partial charge in [-0.25, -0.2) is 4.39 Å². The second-order valence-corrected chi connectivity index (χ2v) is 7.68. The van der Waals surface area contributed by atoms with Crippen LogP contribution in [0.2, 0.25) is 10.0 Å². The van der Waals surface area contributed by atoms with Gasteiger partial charge in [-0.05, 0) is 64.0 Å². The number of ether oxygens (including phenoxy) is 1. The number of hydrogen-bond donors (Lipinski definition) is 1. The topological polar surface area (TPSA) is 29.5 Å². The van der Waals surface area contributed by atoms with Crippen molar-refractivity contribution in [2.75, 3.05) is 0 Å². The van der Waals surface area contributed by atoms with E-state index in [4.69, 9.17) is 27.9 Å². The smallest absolute Gasteiger partial charge is 0.417 e. The minimum atomic E-state index is -4.72. The van der Waals surface area contributed by atoms with Crippen molar-refractivity contribution in [1.29, 1.82) is 0 Å². The first kappa shape index (κ1) is 21.7. The third-order valence-corrected chi connectivity index (χ3v) is 5.25. The second-order valence-electron chi connectivity index (χ2n) is 5.98. The van der Waals surface area contributed by atoms with Gasteiger partial charge < -0.3 is 9.84 Å². The van der Waals surface area contributed by atoms with E-state index in [1.54, 1.807) is 24.3 Å². The minimum Gasteiger partial charge on any atom is -0.506 e. The third-order valence-electron chi connectivity index (χ3n) is 4.06. The molecule has 0 spiro atoms. The van der Waals surface area contributed by atoms with Gasteiger partial charge in [0.1, 0.15) is 23.9 Å². The zero-order chi connectivity index (χ0) is 21.3. The number of halogens is 7. The molecule has 0 unspecified atom stereocenters. The summed E-state index contributed by atoms with van der Waals surface area (Å²) in [5.74, 6) is -0.812. The lowest BCUT2D eigenvalue weighted by Crippen LogP contribution is -2.07. The summed E-state index contributed by atoms with van der Waals surface area (Å²) < 4.78 is 59.9. The summed E-state index contributed by atoms with van der Waals surface area (Å²) in [6.45, 7) is -0.340. The van der Waals surface area contributed by atoms with Gasteiger partial charge in [0.25, 0.3) is 0 Å². The molecule has 9 heteroatoms. The van der Waals surface area contributed by atoms with Gasteiger partial charge in [-0.2, -0.15) is 13.2 Å². The number of benzene rings is 3. The highest BCUT2D eigenvalue weighted by Crippen LogP contribution is 2.43. The highest BCUT2D eigenvalue weighted by molar-refractivity contribution is 9.10. The fourth-order valence-corrected chi connectivity index (χ4v) is 3.43. The largest absolute Gasteiger partial charge is 0.506 e. The Hall–Kier alpha value is -1.96. The van der Waals surface area contributed by atoms with E-state index in [-0.39, 0.29) is 27.8 Å². The lowest BCUT2D eigenvalue weighted by Gasteiger charge is -2.17. The summed E-state index contributed by atoms with van der Waals surface area (Å²) in [5, 5.41) is 10.4. The summed E-state index contributed by atoms with van der Waals surface area (Å²) in [5.41, 5.74) is -1.40. The normalized spacial score (nSPS) is 11.6. The van der Waals surface area contributed by atoms with E-state index in [0.717, 1.165) is 18.2 Å². The monoisotopic (exact) mass is 508 g/mol. The Bertz CT molecular complexity index is 1050. The van der Waals surface area contributed by atoms with Crippen LogP contribution in [0.4, 0.5) is 17.6 Å². The summed E-state index contributed by atoms with van der Waals surface area (Å²) in [7, 11) is 0. The second kappa shape index (κ2) is 8.42. The van der Waals surface area contributed by atoms with Crippen LogP contribution in [0.25, 0.3) is 11.1 Å². The van der Waals surface area contributed by atoms with E-state index in [2.05, 4.69) is 15.9 Å². The van der Waals surface area contributed by atoms with E-state index in [1.165, 1.54) is 6.07 Å². The van der Waals surface area contributed by atoms with E-state index < -0.39 is 28.3 Å². The van der Waals surface area contributed by atoms with E-state index in [0.29, 0.717) is 10.8 Å². The molecule has 0 aliphatic rings. The predicted octanol–water partition coefficient (Wildman–Crippen LogP) is 7.87. The molecule has 0 aromatic heterocycles. The number of phenols is 1. The molecule has 0 bridgehead atoms. The molecule has 29 heavy (non-hydrogen) atoms. The number of alkyl halides is 3. The van der Waals surface area contributed by atoms with Crippen LogP contribution < -0.4 is 4.74 Å². The minimum absolute atomic E-state index is 0.0104. The number of hydrogen-bond acceptors (Lipinski definition) is 2. The van der Waals surface area contributed by atoms with Crippen LogP contribution in [0.1, 0.15) is 11.1 Å². The molecule has 0 aliphatic heterocycles. The lowest BCUT2D eigenvalue weighted by molar-refractivity contribution is -0.137. The zero-order valence-corrected chi connectivity index (χ0v) is 17.4. The van der Waals surface area contributed by atoms with Crippen LogP contribution in [0.15, 0.2) is 53.0 Å². The molecule has 0 heterocycles. The first-order chi connectivity index (χ1) is 13.6. The Labute approximate surface area is 181 Å². The fourth-order valence-electron chi connectivity index (χ4n) is 2.68.